The highest BCUT2D eigenvalue weighted by molar-refractivity contribution is 5.97. The molecule has 0 bridgehead atoms. The monoisotopic (exact) mass is 222 g/mol. The molecule has 1 aromatic rings. The van der Waals surface area contributed by atoms with E-state index < -0.39 is 5.97 Å². The Bertz CT molecular complexity index is 391. The van der Waals surface area contributed by atoms with E-state index in [1.54, 1.807) is 24.3 Å². The van der Waals surface area contributed by atoms with Crippen molar-refractivity contribution in [3.63, 3.8) is 0 Å². The maximum absolute atomic E-state index is 11.7. The number of hydrogen-bond donors (Lipinski definition) is 2. The first-order valence-corrected chi connectivity index (χ1v) is 4.82. The van der Waals surface area contributed by atoms with Gasteiger partial charge in [0.05, 0.1) is 7.11 Å². The number of ether oxygens (including phenoxy) is 1. The summed E-state index contributed by atoms with van der Waals surface area (Å²) < 4.78 is 4.41. The Morgan fingerprint density at radius 1 is 1.38 bits per heavy atom. The fourth-order valence-corrected chi connectivity index (χ4v) is 1.24. The molecule has 0 fully saturated rings. The first kappa shape index (κ1) is 12.2. The highest BCUT2D eigenvalue weighted by atomic mass is 16.5. The van der Waals surface area contributed by atoms with Gasteiger partial charge < -0.3 is 15.8 Å². The van der Waals surface area contributed by atoms with Crippen molar-refractivity contribution >= 4 is 11.9 Å². The van der Waals surface area contributed by atoms with E-state index in [1.165, 1.54) is 7.11 Å². The van der Waals surface area contributed by atoms with E-state index >= 15 is 0 Å². The van der Waals surface area contributed by atoms with Crippen molar-refractivity contribution in [1.29, 1.82) is 0 Å². The first-order valence-electron chi connectivity index (χ1n) is 4.82. The number of nitrogens with one attached hydrogen (secondary N) is 1. The van der Waals surface area contributed by atoms with Crippen LogP contribution in [0.1, 0.15) is 15.9 Å². The zero-order chi connectivity index (χ0) is 12.0. The number of carbonyl (C=O) groups excluding carboxylic acids is 2. The average molecular weight is 222 g/mol. The quantitative estimate of drug-likeness (QED) is 0.705. The predicted molar refractivity (Wildman–Crippen MR) is 58.7 cm³/mol. The van der Waals surface area contributed by atoms with Crippen molar-refractivity contribution in [2.75, 3.05) is 13.7 Å². The maximum Gasteiger partial charge on any atom is 0.325 e. The molecule has 0 spiro atoms. The molecule has 0 atom stereocenters. The van der Waals surface area contributed by atoms with Crippen LogP contribution in [0.2, 0.25) is 0 Å². The molecule has 1 aromatic carbocycles. The van der Waals surface area contributed by atoms with Gasteiger partial charge in [-0.05, 0) is 11.6 Å². The summed E-state index contributed by atoms with van der Waals surface area (Å²) in [4.78, 5) is 22.5. The summed E-state index contributed by atoms with van der Waals surface area (Å²) in [5, 5.41) is 2.46. The van der Waals surface area contributed by atoms with Crippen LogP contribution in [0.5, 0.6) is 0 Å². The van der Waals surface area contributed by atoms with Crippen molar-refractivity contribution in [3.05, 3.63) is 35.4 Å². The largest absolute Gasteiger partial charge is 0.468 e. The lowest BCUT2D eigenvalue weighted by Gasteiger charge is -2.07. The lowest BCUT2D eigenvalue weighted by atomic mass is 10.1. The minimum Gasteiger partial charge on any atom is -0.468 e. The van der Waals surface area contributed by atoms with Gasteiger partial charge in [0, 0.05) is 12.1 Å². The molecule has 0 aliphatic rings. The number of esters is 1. The topological polar surface area (TPSA) is 81.4 Å². The van der Waals surface area contributed by atoms with Gasteiger partial charge in [0.15, 0.2) is 0 Å². The second kappa shape index (κ2) is 5.87. The third-order valence-corrected chi connectivity index (χ3v) is 2.10. The molecular weight excluding hydrogens is 208 g/mol. The van der Waals surface area contributed by atoms with Gasteiger partial charge in [0.1, 0.15) is 6.54 Å². The van der Waals surface area contributed by atoms with E-state index in [-0.39, 0.29) is 19.0 Å². The van der Waals surface area contributed by atoms with Gasteiger partial charge in [-0.25, -0.2) is 0 Å². The number of amides is 1. The van der Waals surface area contributed by atoms with Crippen molar-refractivity contribution in [3.8, 4) is 0 Å². The van der Waals surface area contributed by atoms with Crippen LogP contribution in [-0.2, 0) is 16.1 Å². The molecule has 0 unspecified atom stereocenters. The minimum absolute atomic E-state index is 0.145. The molecule has 3 N–H and O–H groups in total. The summed E-state index contributed by atoms with van der Waals surface area (Å²) in [6.07, 6.45) is 0. The predicted octanol–water partition coefficient (Wildman–Crippen LogP) is 0.0481. The summed E-state index contributed by atoms with van der Waals surface area (Å²) in [6, 6.07) is 6.98. The molecule has 0 saturated heterocycles. The fraction of sp³-hybridized carbons (Fsp3) is 0.273. The molecule has 0 radical (unpaired) electrons. The number of nitrogens with two attached hydrogens (primary N) is 1. The summed E-state index contributed by atoms with van der Waals surface area (Å²) in [5.41, 5.74) is 6.72. The van der Waals surface area contributed by atoms with Crippen LogP contribution in [-0.4, -0.2) is 25.5 Å². The smallest absolute Gasteiger partial charge is 0.325 e. The Balaban J connectivity index is 2.69. The van der Waals surface area contributed by atoms with Gasteiger partial charge in [-0.3, -0.25) is 9.59 Å². The van der Waals surface area contributed by atoms with Crippen LogP contribution < -0.4 is 11.1 Å². The summed E-state index contributed by atoms with van der Waals surface area (Å²) in [5.74, 6) is -0.815. The van der Waals surface area contributed by atoms with E-state index in [1.807, 2.05) is 0 Å². The van der Waals surface area contributed by atoms with E-state index in [9.17, 15) is 9.59 Å². The molecule has 0 aliphatic heterocycles. The highest BCUT2D eigenvalue weighted by Gasteiger charge is 2.10. The Kier molecular flexibility index (Phi) is 4.47. The van der Waals surface area contributed by atoms with Gasteiger partial charge in [0.2, 0.25) is 0 Å². The first-order chi connectivity index (χ1) is 7.69. The Morgan fingerprint density at radius 2 is 2.06 bits per heavy atom. The van der Waals surface area contributed by atoms with Crippen molar-refractivity contribution in [2.45, 2.75) is 6.54 Å². The second-order valence-corrected chi connectivity index (χ2v) is 3.12. The van der Waals surface area contributed by atoms with Crippen LogP contribution >= 0.6 is 0 Å². The van der Waals surface area contributed by atoms with E-state index in [0.29, 0.717) is 5.56 Å². The Labute approximate surface area is 93.6 Å². The zero-order valence-corrected chi connectivity index (χ0v) is 9.03. The van der Waals surface area contributed by atoms with Gasteiger partial charge in [-0.1, -0.05) is 18.2 Å². The Morgan fingerprint density at radius 3 is 2.69 bits per heavy atom. The molecule has 0 aromatic heterocycles. The van der Waals surface area contributed by atoms with E-state index in [4.69, 9.17) is 5.73 Å². The number of rotatable bonds is 4. The third-order valence-electron chi connectivity index (χ3n) is 2.10. The lowest BCUT2D eigenvalue weighted by molar-refractivity contribution is -0.139. The van der Waals surface area contributed by atoms with E-state index in [0.717, 1.165) is 5.56 Å². The number of benzene rings is 1. The average Bonchev–Trinajstić information content (AvgIpc) is 2.35. The van der Waals surface area contributed by atoms with Crippen LogP contribution in [0.15, 0.2) is 24.3 Å². The molecule has 0 aliphatic carbocycles. The number of hydrogen-bond acceptors (Lipinski definition) is 4. The van der Waals surface area contributed by atoms with Crippen LogP contribution in [0.25, 0.3) is 0 Å². The third kappa shape index (κ3) is 3.06. The molecule has 0 heterocycles. The minimum atomic E-state index is -0.487. The summed E-state index contributed by atoms with van der Waals surface area (Å²) in [7, 11) is 1.27. The lowest BCUT2D eigenvalue weighted by Crippen LogP contribution is -2.31. The van der Waals surface area contributed by atoms with Gasteiger partial charge in [-0.2, -0.15) is 0 Å². The van der Waals surface area contributed by atoms with Gasteiger partial charge >= 0.3 is 5.97 Å². The van der Waals surface area contributed by atoms with E-state index in [2.05, 4.69) is 10.1 Å². The molecule has 1 rings (SSSR count). The standard InChI is InChI=1S/C11H14N2O3/c1-16-10(14)7-13-11(15)9-5-3-2-4-8(9)6-12/h2-5H,6-7,12H2,1H3,(H,13,15). The van der Waals surface area contributed by atoms with Crippen LogP contribution in [0.4, 0.5) is 0 Å². The molecule has 5 heteroatoms. The summed E-state index contributed by atoms with van der Waals surface area (Å²) in [6.45, 7) is 0.135. The fourth-order valence-electron chi connectivity index (χ4n) is 1.24. The maximum atomic E-state index is 11.7. The molecular formula is C11H14N2O3. The SMILES string of the molecule is COC(=O)CNC(=O)c1ccccc1CN. The van der Waals surface area contributed by atoms with Crippen LogP contribution in [0.3, 0.4) is 0 Å². The van der Waals surface area contributed by atoms with Gasteiger partial charge in [-0.15, -0.1) is 0 Å². The second-order valence-electron chi connectivity index (χ2n) is 3.12. The normalized spacial score (nSPS) is 9.62. The molecule has 86 valence electrons. The van der Waals surface area contributed by atoms with Crippen molar-refractivity contribution < 1.29 is 14.3 Å². The molecule has 16 heavy (non-hydrogen) atoms. The number of methoxy groups -OCH3 is 1. The Hall–Kier alpha value is -1.88. The van der Waals surface area contributed by atoms with Gasteiger partial charge in [0.25, 0.3) is 5.91 Å². The van der Waals surface area contributed by atoms with Crippen molar-refractivity contribution in [2.24, 2.45) is 5.73 Å². The molecule has 5 nitrogen and oxygen atoms in total. The van der Waals surface area contributed by atoms with Crippen LogP contribution in [0, 0.1) is 0 Å². The number of carbonyl (C=O) groups is 2. The molecule has 0 saturated carbocycles. The zero-order valence-electron chi connectivity index (χ0n) is 9.03. The summed E-state index contributed by atoms with van der Waals surface area (Å²) >= 11 is 0. The highest BCUT2D eigenvalue weighted by Crippen LogP contribution is 2.07. The van der Waals surface area contributed by atoms with Crippen molar-refractivity contribution in [1.82, 2.24) is 5.32 Å². The molecule has 1 amide bonds.